The molecule has 1 aromatic rings. The van der Waals surface area contributed by atoms with Gasteiger partial charge in [-0.05, 0) is 36.8 Å². The predicted octanol–water partition coefficient (Wildman–Crippen LogP) is 2.82. The van der Waals surface area contributed by atoms with Crippen LogP contribution in [0.2, 0.25) is 0 Å². The van der Waals surface area contributed by atoms with Gasteiger partial charge in [-0.3, -0.25) is 4.79 Å². The Bertz CT molecular complexity index is 363. The second-order valence-electron chi connectivity index (χ2n) is 3.43. The highest BCUT2D eigenvalue weighted by molar-refractivity contribution is 7.98. The highest BCUT2D eigenvalue weighted by Gasteiger charge is 2.05. The van der Waals surface area contributed by atoms with E-state index < -0.39 is 5.97 Å². The Morgan fingerprint density at radius 3 is 2.81 bits per heavy atom. The Labute approximate surface area is 99.8 Å². The molecular formula is C12H16O3S. The Balaban J connectivity index is 2.68. The fourth-order valence-electron chi connectivity index (χ4n) is 1.49. The number of methoxy groups -OCH3 is 1. The Kier molecular flexibility index (Phi) is 5.19. The van der Waals surface area contributed by atoms with Gasteiger partial charge in [0.1, 0.15) is 5.75 Å². The van der Waals surface area contributed by atoms with Gasteiger partial charge in [0.05, 0.1) is 7.11 Å². The Morgan fingerprint density at radius 2 is 2.25 bits per heavy atom. The summed E-state index contributed by atoms with van der Waals surface area (Å²) in [5, 5.41) is 8.57. The number of hydrogen-bond acceptors (Lipinski definition) is 3. The molecule has 0 heterocycles. The van der Waals surface area contributed by atoms with Crippen molar-refractivity contribution in [3.05, 3.63) is 23.8 Å². The second kappa shape index (κ2) is 6.43. The van der Waals surface area contributed by atoms with Crippen molar-refractivity contribution in [1.29, 1.82) is 0 Å². The van der Waals surface area contributed by atoms with E-state index in [-0.39, 0.29) is 6.42 Å². The van der Waals surface area contributed by atoms with Crippen molar-refractivity contribution in [1.82, 2.24) is 0 Å². The molecule has 0 aliphatic rings. The van der Waals surface area contributed by atoms with Gasteiger partial charge in [0.2, 0.25) is 0 Å². The van der Waals surface area contributed by atoms with E-state index in [1.54, 1.807) is 18.9 Å². The van der Waals surface area contributed by atoms with Crippen LogP contribution < -0.4 is 4.74 Å². The van der Waals surface area contributed by atoms with Gasteiger partial charge in [0, 0.05) is 11.3 Å². The first-order valence-corrected chi connectivity index (χ1v) is 6.32. The molecule has 0 aliphatic heterocycles. The monoisotopic (exact) mass is 240 g/mol. The largest absolute Gasteiger partial charge is 0.496 e. The third kappa shape index (κ3) is 3.77. The fraction of sp³-hybridized carbons (Fsp3) is 0.417. The van der Waals surface area contributed by atoms with Gasteiger partial charge in [-0.15, -0.1) is 11.8 Å². The number of carbonyl (C=O) groups is 1. The normalized spacial score (nSPS) is 10.1. The first kappa shape index (κ1) is 12.9. The van der Waals surface area contributed by atoms with Crippen LogP contribution in [0.25, 0.3) is 0 Å². The molecule has 0 amide bonds. The average Bonchev–Trinajstić information content (AvgIpc) is 2.29. The lowest BCUT2D eigenvalue weighted by Gasteiger charge is -2.09. The predicted molar refractivity (Wildman–Crippen MR) is 65.3 cm³/mol. The summed E-state index contributed by atoms with van der Waals surface area (Å²) in [6, 6.07) is 6.02. The lowest BCUT2D eigenvalue weighted by Crippen LogP contribution is -1.97. The number of ether oxygens (including phenoxy) is 1. The standard InChI is InChI=1S/C12H16O3S/c1-15-11-8-10(16-2)7-6-9(11)4-3-5-12(13)14/h6-8H,3-5H2,1-2H3,(H,13,14). The van der Waals surface area contributed by atoms with Crippen molar-refractivity contribution >= 4 is 17.7 Å². The van der Waals surface area contributed by atoms with Crippen LogP contribution in [0.5, 0.6) is 5.75 Å². The van der Waals surface area contributed by atoms with E-state index in [0.29, 0.717) is 6.42 Å². The van der Waals surface area contributed by atoms with Crippen LogP contribution in [0, 0.1) is 0 Å². The minimum Gasteiger partial charge on any atom is -0.496 e. The number of carboxylic acids is 1. The molecule has 4 heteroatoms. The molecule has 1 N–H and O–H groups in total. The van der Waals surface area contributed by atoms with Crippen molar-refractivity contribution in [2.24, 2.45) is 0 Å². The summed E-state index contributed by atoms with van der Waals surface area (Å²) in [5.74, 6) is 0.0944. The number of hydrogen-bond donors (Lipinski definition) is 1. The molecule has 0 fully saturated rings. The van der Waals surface area contributed by atoms with Crippen LogP contribution in [-0.2, 0) is 11.2 Å². The zero-order chi connectivity index (χ0) is 12.0. The van der Waals surface area contributed by atoms with E-state index in [1.165, 1.54) is 0 Å². The maximum atomic E-state index is 10.4. The zero-order valence-electron chi connectivity index (χ0n) is 9.53. The van der Waals surface area contributed by atoms with Crippen molar-refractivity contribution in [3.63, 3.8) is 0 Å². The molecule has 0 saturated heterocycles. The van der Waals surface area contributed by atoms with Crippen LogP contribution in [0.1, 0.15) is 18.4 Å². The van der Waals surface area contributed by atoms with Crippen LogP contribution in [-0.4, -0.2) is 24.4 Å². The van der Waals surface area contributed by atoms with E-state index >= 15 is 0 Å². The summed E-state index contributed by atoms with van der Waals surface area (Å²) in [6.45, 7) is 0. The van der Waals surface area contributed by atoms with E-state index in [1.807, 2.05) is 24.5 Å². The quantitative estimate of drug-likeness (QED) is 0.777. The third-order valence-corrected chi connectivity index (χ3v) is 3.06. The average molecular weight is 240 g/mol. The van der Waals surface area contributed by atoms with Crippen molar-refractivity contribution in [2.75, 3.05) is 13.4 Å². The van der Waals surface area contributed by atoms with Gasteiger partial charge in [-0.25, -0.2) is 0 Å². The van der Waals surface area contributed by atoms with E-state index in [0.717, 1.165) is 22.6 Å². The first-order chi connectivity index (χ1) is 7.67. The highest BCUT2D eigenvalue weighted by Crippen LogP contribution is 2.26. The SMILES string of the molecule is COc1cc(SC)ccc1CCCC(=O)O. The van der Waals surface area contributed by atoms with Crippen LogP contribution in [0.3, 0.4) is 0 Å². The lowest BCUT2D eigenvalue weighted by molar-refractivity contribution is -0.137. The van der Waals surface area contributed by atoms with Gasteiger partial charge >= 0.3 is 5.97 Å². The minimum absolute atomic E-state index is 0.202. The van der Waals surface area contributed by atoms with Gasteiger partial charge in [0.15, 0.2) is 0 Å². The van der Waals surface area contributed by atoms with Gasteiger partial charge in [-0.2, -0.15) is 0 Å². The molecule has 1 aromatic carbocycles. The molecule has 0 aromatic heterocycles. The minimum atomic E-state index is -0.750. The van der Waals surface area contributed by atoms with Crippen molar-refractivity contribution in [3.8, 4) is 5.75 Å². The molecule has 0 unspecified atom stereocenters. The Hall–Kier alpha value is -1.16. The molecule has 0 aliphatic carbocycles. The highest BCUT2D eigenvalue weighted by atomic mass is 32.2. The maximum Gasteiger partial charge on any atom is 0.303 e. The summed E-state index contributed by atoms with van der Waals surface area (Å²) >= 11 is 1.66. The fourth-order valence-corrected chi connectivity index (χ4v) is 1.92. The molecule has 1 rings (SSSR count). The number of aliphatic carboxylic acids is 1. The van der Waals surface area contributed by atoms with Crippen molar-refractivity contribution in [2.45, 2.75) is 24.2 Å². The summed E-state index contributed by atoms with van der Waals surface area (Å²) in [5.41, 5.74) is 1.07. The number of carboxylic acid groups (broad SMARTS) is 1. The molecular weight excluding hydrogens is 224 g/mol. The van der Waals surface area contributed by atoms with Crippen molar-refractivity contribution < 1.29 is 14.6 Å². The molecule has 0 radical (unpaired) electrons. The third-order valence-electron chi connectivity index (χ3n) is 2.33. The van der Waals surface area contributed by atoms with Gasteiger partial charge in [0.25, 0.3) is 0 Å². The summed E-state index contributed by atoms with van der Waals surface area (Å²) in [4.78, 5) is 11.6. The number of benzene rings is 1. The smallest absolute Gasteiger partial charge is 0.303 e. The molecule has 0 saturated carbocycles. The molecule has 0 atom stereocenters. The van der Waals surface area contributed by atoms with Crippen LogP contribution in [0.4, 0.5) is 0 Å². The molecule has 0 bridgehead atoms. The Morgan fingerprint density at radius 1 is 1.50 bits per heavy atom. The zero-order valence-corrected chi connectivity index (χ0v) is 10.3. The molecule has 16 heavy (non-hydrogen) atoms. The van der Waals surface area contributed by atoms with E-state index in [9.17, 15) is 4.79 Å². The van der Waals surface area contributed by atoms with Gasteiger partial charge in [-0.1, -0.05) is 6.07 Å². The number of thioether (sulfide) groups is 1. The maximum absolute atomic E-state index is 10.4. The summed E-state index contributed by atoms with van der Waals surface area (Å²) < 4.78 is 5.28. The topological polar surface area (TPSA) is 46.5 Å². The second-order valence-corrected chi connectivity index (χ2v) is 4.30. The van der Waals surface area contributed by atoms with E-state index in [4.69, 9.17) is 9.84 Å². The lowest BCUT2D eigenvalue weighted by atomic mass is 10.1. The van der Waals surface area contributed by atoms with Crippen LogP contribution in [0.15, 0.2) is 23.1 Å². The molecule has 0 spiro atoms. The van der Waals surface area contributed by atoms with Gasteiger partial charge < -0.3 is 9.84 Å². The number of rotatable bonds is 6. The summed E-state index contributed by atoms with van der Waals surface area (Å²) in [7, 11) is 1.64. The summed E-state index contributed by atoms with van der Waals surface area (Å²) in [6.07, 6.45) is 3.60. The molecule has 3 nitrogen and oxygen atoms in total. The number of aryl methyl sites for hydroxylation is 1. The van der Waals surface area contributed by atoms with E-state index in [2.05, 4.69) is 0 Å². The van der Waals surface area contributed by atoms with Crippen LogP contribution >= 0.6 is 11.8 Å². The first-order valence-electron chi connectivity index (χ1n) is 5.10. The molecule has 88 valence electrons.